The summed E-state index contributed by atoms with van der Waals surface area (Å²) in [7, 11) is 0. The predicted octanol–water partition coefficient (Wildman–Crippen LogP) is 4.90. The number of ether oxygens (including phenoxy) is 1. The Morgan fingerprint density at radius 3 is 2.11 bits per heavy atom. The lowest BCUT2D eigenvalue weighted by Crippen LogP contribution is -2.45. The van der Waals surface area contributed by atoms with Gasteiger partial charge in [-0.15, -0.1) is 0 Å². The van der Waals surface area contributed by atoms with Gasteiger partial charge in [0.05, 0.1) is 12.6 Å². The number of carbonyl (C=O) groups excluding carboxylic acids is 1. The van der Waals surface area contributed by atoms with Gasteiger partial charge in [-0.05, 0) is 35.4 Å². The summed E-state index contributed by atoms with van der Waals surface area (Å²) in [5.41, 5.74) is 11.2. The van der Waals surface area contributed by atoms with Crippen LogP contribution in [0.15, 0.2) is 65.8 Å². The summed E-state index contributed by atoms with van der Waals surface area (Å²) in [5, 5.41) is 6.87. The molecule has 2 aromatic rings. The number of carbonyl (C=O) groups is 1. The van der Waals surface area contributed by atoms with E-state index in [1.54, 1.807) is 0 Å². The lowest BCUT2D eigenvalue weighted by Gasteiger charge is -2.25. The third kappa shape index (κ3) is 7.42. The van der Waals surface area contributed by atoms with Crippen LogP contribution in [0.3, 0.4) is 0 Å². The highest BCUT2D eigenvalue weighted by atomic mass is 16.5. The van der Waals surface area contributed by atoms with Crippen molar-refractivity contribution in [3.8, 4) is 0 Å². The summed E-state index contributed by atoms with van der Waals surface area (Å²) in [4.78, 5) is 15.3. The molecule has 0 aromatic heterocycles. The van der Waals surface area contributed by atoms with Gasteiger partial charge in [-0.1, -0.05) is 79.6 Å². The molecule has 2 rings (SSSR count). The number of rotatable bonds is 9. The summed E-state index contributed by atoms with van der Waals surface area (Å²) in [6, 6.07) is 18.8. The largest absolute Gasteiger partial charge is 0.449 e. The van der Waals surface area contributed by atoms with E-state index in [2.05, 4.69) is 15.3 Å². The van der Waals surface area contributed by atoms with Crippen molar-refractivity contribution in [1.29, 1.82) is 0 Å². The molecular weight excluding hydrogens is 340 g/mol. The molecule has 0 aliphatic heterocycles. The number of benzene rings is 2. The molecule has 1 amide bonds. The quantitative estimate of drug-likeness (QED) is 0.388. The Kier molecular flexibility index (Phi) is 8.20. The number of nitrogens with one attached hydrogen (secondary N) is 1. The van der Waals surface area contributed by atoms with E-state index in [-0.39, 0.29) is 12.0 Å². The Balaban J connectivity index is 2.18. The van der Waals surface area contributed by atoms with E-state index in [1.807, 2.05) is 74.5 Å². The highest BCUT2D eigenvalue weighted by molar-refractivity contribution is 5.67. The van der Waals surface area contributed by atoms with Crippen molar-refractivity contribution in [2.75, 3.05) is 6.61 Å². The van der Waals surface area contributed by atoms with Gasteiger partial charge in [0.1, 0.15) is 0 Å². The second-order valence-electron chi connectivity index (χ2n) is 6.89. The second kappa shape index (κ2) is 10.9. The lowest BCUT2D eigenvalue weighted by molar-refractivity contribution is 0.127. The summed E-state index contributed by atoms with van der Waals surface area (Å²) >= 11 is 0. The number of hydrogen-bond acceptors (Lipinski definition) is 3. The van der Waals surface area contributed by atoms with E-state index >= 15 is 0 Å². The van der Waals surface area contributed by atoms with Crippen LogP contribution in [0.25, 0.3) is 10.4 Å². The molecule has 0 saturated heterocycles. The van der Waals surface area contributed by atoms with Gasteiger partial charge in [0.25, 0.3) is 0 Å². The van der Waals surface area contributed by atoms with Gasteiger partial charge in [-0.2, -0.15) is 0 Å². The van der Waals surface area contributed by atoms with Crippen LogP contribution >= 0.6 is 0 Å². The first-order valence-corrected chi connectivity index (χ1v) is 9.14. The van der Waals surface area contributed by atoms with Gasteiger partial charge < -0.3 is 10.1 Å². The highest BCUT2D eigenvalue weighted by Crippen LogP contribution is 2.15. The van der Waals surface area contributed by atoms with Crippen LogP contribution < -0.4 is 5.32 Å². The van der Waals surface area contributed by atoms with E-state index in [1.165, 1.54) is 0 Å². The SMILES string of the molecule is CC(C)COC(=O)N[C@@H](Cc1ccccc1)[C@H](Cc1ccccc1)N=[N+]=[N-]. The number of azide groups is 1. The molecule has 6 heteroatoms. The van der Waals surface area contributed by atoms with E-state index < -0.39 is 12.1 Å². The first-order valence-electron chi connectivity index (χ1n) is 9.14. The van der Waals surface area contributed by atoms with Crippen LogP contribution in [0, 0.1) is 5.92 Å². The van der Waals surface area contributed by atoms with Gasteiger partial charge in [0, 0.05) is 11.0 Å². The Hall–Kier alpha value is -2.98. The molecule has 6 nitrogen and oxygen atoms in total. The number of hydrogen-bond donors (Lipinski definition) is 1. The lowest BCUT2D eigenvalue weighted by atomic mass is 9.95. The number of alkyl carbamates (subject to hydrolysis) is 1. The molecule has 1 N–H and O–H groups in total. The fourth-order valence-corrected chi connectivity index (χ4v) is 2.77. The van der Waals surface area contributed by atoms with Crippen molar-refractivity contribution in [2.24, 2.45) is 11.0 Å². The standard InChI is InChI=1S/C21H26N4O2/c1-16(2)15-27-21(26)23-19(13-17-9-5-3-6-10-17)20(24-25-22)14-18-11-7-4-8-12-18/h3-12,16,19-20H,13-15H2,1-2H3,(H,23,26)/t19-,20-/m0/s1. The summed E-state index contributed by atoms with van der Waals surface area (Å²) in [6.07, 6.45) is 0.594. The molecule has 2 aromatic carbocycles. The molecule has 2 atom stereocenters. The minimum Gasteiger partial charge on any atom is -0.449 e. The van der Waals surface area contributed by atoms with Gasteiger partial charge in [0.2, 0.25) is 0 Å². The van der Waals surface area contributed by atoms with Crippen molar-refractivity contribution in [2.45, 2.75) is 38.8 Å². The van der Waals surface area contributed by atoms with Gasteiger partial charge in [0.15, 0.2) is 0 Å². The molecule has 0 unspecified atom stereocenters. The van der Waals surface area contributed by atoms with Crippen molar-refractivity contribution >= 4 is 6.09 Å². The zero-order valence-corrected chi connectivity index (χ0v) is 15.8. The van der Waals surface area contributed by atoms with Crippen LogP contribution in [0.1, 0.15) is 25.0 Å². The van der Waals surface area contributed by atoms with Crippen LogP contribution in [-0.4, -0.2) is 24.8 Å². The molecule has 0 heterocycles. The molecule has 27 heavy (non-hydrogen) atoms. The summed E-state index contributed by atoms with van der Waals surface area (Å²) < 4.78 is 5.27. The molecule has 0 spiro atoms. The van der Waals surface area contributed by atoms with Crippen LogP contribution in [0.2, 0.25) is 0 Å². The average molecular weight is 366 g/mol. The van der Waals surface area contributed by atoms with E-state index in [0.717, 1.165) is 11.1 Å². The third-order valence-corrected chi connectivity index (χ3v) is 4.10. The van der Waals surface area contributed by atoms with Crippen molar-refractivity contribution in [3.63, 3.8) is 0 Å². The van der Waals surface area contributed by atoms with Crippen molar-refractivity contribution in [3.05, 3.63) is 82.2 Å². The topological polar surface area (TPSA) is 87.1 Å². The van der Waals surface area contributed by atoms with E-state index in [9.17, 15) is 4.79 Å². The second-order valence-corrected chi connectivity index (χ2v) is 6.89. The number of amides is 1. The number of nitrogens with zero attached hydrogens (tertiary/aromatic N) is 3. The van der Waals surface area contributed by atoms with E-state index in [0.29, 0.717) is 19.4 Å². The fraction of sp³-hybridized carbons (Fsp3) is 0.381. The maximum Gasteiger partial charge on any atom is 0.407 e. The van der Waals surface area contributed by atoms with Gasteiger partial charge in [-0.25, -0.2) is 4.79 Å². The minimum atomic E-state index is -0.490. The van der Waals surface area contributed by atoms with Gasteiger partial charge in [-0.3, -0.25) is 0 Å². The Morgan fingerprint density at radius 2 is 1.59 bits per heavy atom. The normalized spacial score (nSPS) is 12.7. The van der Waals surface area contributed by atoms with Gasteiger partial charge >= 0.3 is 6.09 Å². The fourth-order valence-electron chi connectivity index (χ4n) is 2.77. The Bertz CT molecular complexity index is 743. The maximum atomic E-state index is 12.2. The molecule has 0 fully saturated rings. The maximum absolute atomic E-state index is 12.2. The molecule has 0 aliphatic carbocycles. The predicted molar refractivity (Wildman–Crippen MR) is 106 cm³/mol. The molecule has 0 aliphatic rings. The van der Waals surface area contributed by atoms with Crippen LogP contribution in [0.4, 0.5) is 4.79 Å². The first-order chi connectivity index (χ1) is 13.1. The Morgan fingerprint density at radius 1 is 1.04 bits per heavy atom. The van der Waals surface area contributed by atoms with Crippen molar-refractivity contribution in [1.82, 2.24) is 5.32 Å². The average Bonchev–Trinajstić information content (AvgIpc) is 2.67. The molecule has 142 valence electrons. The zero-order chi connectivity index (χ0) is 19.5. The van der Waals surface area contributed by atoms with E-state index in [4.69, 9.17) is 10.3 Å². The molecule has 0 bridgehead atoms. The highest BCUT2D eigenvalue weighted by Gasteiger charge is 2.24. The van der Waals surface area contributed by atoms with Crippen LogP contribution in [-0.2, 0) is 17.6 Å². The van der Waals surface area contributed by atoms with Crippen molar-refractivity contribution < 1.29 is 9.53 Å². The third-order valence-electron chi connectivity index (χ3n) is 4.10. The molecular formula is C21H26N4O2. The summed E-state index contributed by atoms with van der Waals surface area (Å²) in [6.45, 7) is 4.30. The zero-order valence-electron chi connectivity index (χ0n) is 15.8. The molecule has 0 radical (unpaired) electrons. The smallest absolute Gasteiger partial charge is 0.407 e. The first kappa shape index (κ1) is 20.3. The Labute approximate surface area is 160 Å². The monoisotopic (exact) mass is 366 g/mol. The van der Waals surface area contributed by atoms with Crippen LogP contribution in [0.5, 0.6) is 0 Å². The summed E-state index contributed by atoms with van der Waals surface area (Å²) in [5.74, 6) is 0.251. The molecule has 0 saturated carbocycles. The minimum absolute atomic E-state index is 0.251.